The van der Waals surface area contributed by atoms with Crippen LogP contribution >= 0.6 is 22.9 Å². The maximum absolute atomic E-state index is 12.1. The SMILES string of the molecule is COc1ccc(NC(=O)/C=C/c2ccc(OCc3csc(C)n3)cc2)c(Cl)c1. The molecule has 0 bridgehead atoms. The molecular weight excluding hydrogens is 396 g/mol. The van der Waals surface area contributed by atoms with E-state index in [2.05, 4.69) is 10.3 Å². The lowest BCUT2D eigenvalue weighted by molar-refractivity contribution is -0.111. The van der Waals surface area contributed by atoms with Crippen LogP contribution in [0.3, 0.4) is 0 Å². The van der Waals surface area contributed by atoms with Crippen molar-refractivity contribution in [2.45, 2.75) is 13.5 Å². The zero-order chi connectivity index (χ0) is 19.9. The number of carbonyl (C=O) groups excluding carboxylic acids is 1. The third-order valence-electron chi connectivity index (χ3n) is 3.79. The van der Waals surface area contributed by atoms with Crippen LogP contribution in [0.5, 0.6) is 11.5 Å². The van der Waals surface area contributed by atoms with Crippen molar-refractivity contribution in [3.63, 3.8) is 0 Å². The van der Waals surface area contributed by atoms with E-state index in [1.807, 2.05) is 36.6 Å². The van der Waals surface area contributed by atoms with Gasteiger partial charge in [-0.1, -0.05) is 23.7 Å². The predicted molar refractivity (Wildman–Crippen MR) is 113 cm³/mol. The van der Waals surface area contributed by atoms with Crippen LogP contribution in [-0.4, -0.2) is 18.0 Å². The molecule has 0 radical (unpaired) electrons. The molecule has 7 heteroatoms. The number of thiazole rings is 1. The van der Waals surface area contributed by atoms with Crippen molar-refractivity contribution in [1.82, 2.24) is 4.98 Å². The molecule has 5 nitrogen and oxygen atoms in total. The minimum absolute atomic E-state index is 0.272. The average molecular weight is 415 g/mol. The molecule has 0 saturated carbocycles. The van der Waals surface area contributed by atoms with Crippen LogP contribution in [0.1, 0.15) is 16.3 Å². The number of halogens is 1. The van der Waals surface area contributed by atoms with Gasteiger partial charge in [-0.3, -0.25) is 4.79 Å². The lowest BCUT2D eigenvalue weighted by Crippen LogP contribution is -2.08. The fourth-order valence-corrected chi connectivity index (χ4v) is 3.19. The zero-order valence-electron chi connectivity index (χ0n) is 15.4. The number of ether oxygens (including phenoxy) is 2. The average Bonchev–Trinajstić information content (AvgIpc) is 3.12. The predicted octanol–water partition coefficient (Wildman–Crippen LogP) is 5.34. The molecule has 1 aromatic heterocycles. The van der Waals surface area contributed by atoms with Crippen LogP contribution in [-0.2, 0) is 11.4 Å². The molecule has 1 amide bonds. The quantitative estimate of drug-likeness (QED) is 0.530. The molecule has 0 spiro atoms. The lowest BCUT2D eigenvalue weighted by Gasteiger charge is -2.07. The molecule has 3 rings (SSSR count). The monoisotopic (exact) mass is 414 g/mol. The van der Waals surface area contributed by atoms with E-state index in [0.717, 1.165) is 22.0 Å². The summed E-state index contributed by atoms with van der Waals surface area (Å²) in [7, 11) is 1.56. The smallest absolute Gasteiger partial charge is 0.248 e. The number of hydrogen-bond donors (Lipinski definition) is 1. The van der Waals surface area contributed by atoms with Gasteiger partial charge in [0.15, 0.2) is 0 Å². The summed E-state index contributed by atoms with van der Waals surface area (Å²) in [5.41, 5.74) is 2.33. The molecule has 0 aliphatic rings. The van der Waals surface area contributed by atoms with Gasteiger partial charge in [0.1, 0.15) is 18.1 Å². The number of benzene rings is 2. The highest BCUT2D eigenvalue weighted by molar-refractivity contribution is 7.09. The largest absolute Gasteiger partial charge is 0.497 e. The number of methoxy groups -OCH3 is 1. The number of nitrogens with one attached hydrogen (secondary N) is 1. The van der Waals surface area contributed by atoms with E-state index in [1.54, 1.807) is 42.7 Å². The molecule has 2 aromatic carbocycles. The molecule has 1 N–H and O–H groups in total. The molecule has 0 aliphatic heterocycles. The van der Waals surface area contributed by atoms with Gasteiger partial charge in [-0.15, -0.1) is 11.3 Å². The Labute approximate surface area is 172 Å². The summed E-state index contributed by atoms with van der Waals surface area (Å²) < 4.78 is 10.8. The zero-order valence-corrected chi connectivity index (χ0v) is 17.0. The van der Waals surface area contributed by atoms with Gasteiger partial charge in [0.2, 0.25) is 5.91 Å². The number of amides is 1. The van der Waals surface area contributed by atoms with Crippen molar-refractivity contribution < 1.29 is 14.3 Å². The number of nitrogens with zero attached hydrogens (tertiary/aromatic N) is 1. The number of aryl methyl sites for hydroxylation is 1. The fraction of sp³-hybridized carbons (Fsp3) is 0.143. The fourth-order valence-electron chi connectivity index (χ4n) is 2.38. The van der Waals surface area contributed by atoms with Crippen LogP contribution < -0.4 is 14.8 Å². The molecule has 0 atom stereocenters. The highest BCUT2D eigenvalue weighted by atomic mass is 35.5. The van der Waals surface area contributed by atoms with Crippen molar-refractivity contribution in [3.8, 4) is 11.5 Å². The standard InChI is InChI=1S/C21H19ClN2O3S/c1-14-23-16(13-28-14)12-27-17-6-3-15(4-7-17)5-10-21(25)24-20-9-8-18(26-2)11-19(20)22/h3-11,13H,12H2,1-2H3,(H,24,25)/b10-5+. The Balaban J connectivity index is 1.54. The van der Waals surface area contributed by atoms with Crippen LogP contribution in [0.15, 0.2) is 53.9 Å². The molecule has 0 fully saturated rings. The second-order valence-corrected chi connectivity index (χ2v) is 7.35. The van der Waals surface area contributed by atoms with Gasteiger partial charge in [0.05, 0.1) is 28.5 Å². The molecule has 1 heterocycles. The van der Waals surface area contributed by atoms with Crippen LogP contribution in [0.4, 0.5) is 5.69 Å². The summed E-state index contributed by atoms with van der Waals surface area (Å²) in [5.74, 6) is 1.11. The first-order valence-corrected chi connectivity index (χ1v) is 9.76. The highest BCUT2D eigenvalue weighted by Crippen LogP contribution is 2.26. The summed E-state index contributed by atoms with van der Waals surface area (Å²) in [6, 6.07) is 12.6. The van der Waals surface area contributed by atoms with E-state index in [0.29, 0.717) is 23.1 Å². The minimum Gasteiger partial charge on any atom is -0.497 e. The van der Waals surface area contributed by atoms with Crippen molar-refractivity contribution >= 4 is 40.6 Å². The molecule has 0 unspecified atom stereocenters. The van der Waals surface area contributed by atoms with Crippen LogP contribution in [0.25, 0.3) is 6.08 Å². The lowest BCUT2D eigenvalue weighted by atomic mass is 10.2. The van der Waals surface area contributed by atoms with Crippen molar-refractivity contribution in [3.05, 3.63) is 75.2 Å². The summed E-state index contributed by atoms with van der Waals surface area (Å²) >= 11 is 7.73. The molecular formula is C21H19ClN2O3S. The summed E-state index contributed by atoms with van der Waals surface area (Å²) in [6.45, 7) is 2.40. The Morgan fingerprint density at radius 3 is 2.61 bits per heavy atom. The molecule has 144 valence electrons. The van der Waals surface area contributed by atoms with Gasteiger partial charge < -0.3 is 14.8 Å². The number of hydrogen-bond acceptors (Lipinski definition) is 5. The van der Waals surface area contributed by atoms with Crippen LogP contribution in [0, 0.1) is 6.92 Å². The summed E-state index contributed by atoms with van der Waals surface area (Å²) in [6.07, 6.45) is 3.18. The minimum atomic E-state index is -0.272. The van der Waals surface area contributed by atoms with Crippen molar-refractivity contribution in [2.75, 3.05) is 12.4 Å². The summed E-state index contributed by atoms with van der Waals surface area (Å²) in [4.78, 5) is 16.5. The van der Waals surface area contributed by atoms with E-state index in [-0.39, 0.29) is 5.91 Å². The Morgan fingerprint density at radius 1 is 1.21 bits per heavy atom. The Morgan fingerprint density at radius 2 is 1.96 bits per heavy atom. The van der Waals surface area contributed by atoms with Crippen LogP contribution in [0.2, 0.25) is 5.02 Å². The number of anilines is 1. The highest BCUT2D eigenvalue weighted by Gasteiger charge is 2.05. The Kier molecular flexibility index (Phi) is 6.68. The Hall–Kier alpha value is -2.83. The second-order valence-electron chi connectivity index (χ2n) is 5.88. The van der Waals surface area contributed by atoms with Gasteiger partial charge in [0, 0.05) is 17.5 Å². The van der Waals surface area contributed by atoms with E-state index >= 15 is 0 Å². The maximum atomic E-state index is 12.1. The molecule has 3 aromatic rings. The molecule has 0 saturated heterocycles. The van der Waals surface area contributed by atoms with E-state index < -0.39 is 0 Å². The second kappa shape index (κ2) is 9.39. The number of aromatic nitrogens is 1. The molecule has 28 heavy (non-hydrogen) atoms. The van der Waals surface area contributed by atoms with Gasteiger partial charge in [-0.25, -0.2) is 4.98 Å². The third-order valence-corrected chi connectivity index (χ3v) is 4.93. The van der Waals surface area contributed by atoms with E-state index in [9.17, 15) is 4.79 Å². The van der Waals surface area contributed by atoms with Gasteiger partial charge in [-0.2, -0.15) is 0 Å². The number of carbonyl (C=O) groups is 1. The maximum Gasteiger partial charge on any atom is 0.248 e. The normalized spacial score (nSPS) is 10.8. The van der Waals surface area contributed by atoms with Crippen molar-refractivity contribution in [1.29, 1.82) is 0 Å². The van der Waals surface area contributed by atoms with Gasteiger partial charge in [-0.05, 0) is 42.8 Å². The van der Waals surface area contributed by atoms with E-state index in [1.165, 1.54) is 6.08 Å². The number of rotatable bonds is 7. The van der Waals surface area contributed by atoms with E-state index in [4.69, 9.17) is 21.1 Å². The summed E-state index contributed by atoms with van der Waals surface area (Å²) in [5, 5.41) is 6.16. The first kappa shape index (κ1) is 19.9. The van der Waals surface area contributed by atoms with Crippen molar-refractivity contribution in [2.24, 2.45) is 0 Å². The third kappa shape index (κ3) is 5.58. The van der Waals surface area contributed by atoms with Gasteiger partial charge in [0.25, 0.3) is 0 Å². The van der Waals surface area contributed by atoms with Gasteiger partial charge >= 0.3 is 0 Å². The topological polar surface area (TPSA) is 60.5 Å². The first-order valence-electron chi connectivity index (χ1n) is 8.50. The molecule has 0 aliphatic carbocycles. The Bertz CT molecular complexity index is 984. The first-order chi connectivity index (χ1) is 13.5.